The molecule has 9 heteroatoms. The normalized spacial score (nSPS) is 17.2. The number of methoxy groups -OCH3 is 1. The molecule has 2 aliphatic heterocycles. The number of para-hydroxylation sites is 3. The van der Waals surface area contributed by atoms with Gasteiger partial charge in [-0.25, -0.2) is 0 Å². The molecule has 7 nitrogen and oxygen atoms in total. The van der Waals surface area contributed by atoms with Gasteiger partial charge in [-0.1, -0.05) is 0 Å². The summed E-state index contributed by atoms with van der Waals surface area (Å²) in [7, 11) is 9.61. The van der Waals surface area contributed by atoms with E-state index in [0.717, 1.165) is 18.7 Å². The Bertz CT molecular complexity index is 1990. The Morgan fingerprint density at radius 2 is 1.20 bits per heavy atom. The van der Waals surface area contributed by atoms with Gasteiger partial charge in [0.15, 0.2) is 0 Å². The van der Waals surface area contributed by atoms with Crippen molar-refractivity contribution in [2.75, 3.05) is 34.9 Å². The molecule has 4 aromatic carbocycles. The van der Waals surface area contributed by atoms with E-state index in [1.165, 1.54) is 38.5 Å². The number of carbonyl (C=O) groups is 2. The molecular formula is C47H58ClN3O4Ru. The Morgan fingerprint density at radius 3 is 1.62 bits per heavy atom. The quantitative estimate of drug-likeness (QED) is 0.111. The summed E-state index contributed by atoms with van der Waals surface area (Å²) in [6.45, 7) is 23.8. The van der Waals surface area contributed by atoms with Gasteiger partial charge < -0.3 is 0 Å². The fraction of sp³-hybridized carbons (Fsp3) is 0.426. The number of halogens is 1. The van der Waals surface area contributed by atoms with Crippen molar-refractivity contribution < 1.29 is 33.6 Å². The molecule has 2 amide bonds. The average molecular weight is 866 g/mol. The SMILES string of the molecule is COc1ccc(C(=O)N2C(=O)C(C(C)C)Oc3c([CH]=[Ru]([Cl])[CH]4N(c5c(C(C)C)cccc5C(C)C)CCN4c4c(C(C)C)cccc4C(C)C)cccc32)cc1. The average Bonchev–Trinajstić information content (AvgIpc) is 3.61. The van der Waals surface area contributed by atoms with Crippen LogP contribution in [0.1, 0.15) is 131 Å². The van der Waals surface area contributed by atoms with Gasteiger partial charge in [-0.3, -0.25) is 0 Å². The summed E-state index contributed by atoms with van der Waals surface area (Å²) in [5.74, 6) is 1.47. The Balaban J connectivity index is 1.56. The number of benzene rings is 4. The standard InChI is InChI=1S/C27H39N2.C20H19NO4.ClH.Ru/c1-18(2)22-11-9-12-23(19(3)4)26(22)28-15-16-29(17-28)27-24(20(5)6)13-10-14-25(27)21(7)8;1-12(2)17-20(23)21(16-7-5-6-13(3)18(16)25-17)19(22)14-8-10-15(24-4)11-9-14;;/h9-14,17-21H,15-16H2,1-8H3;3,5-12,17H,1-2,4H3;1H;/q;;;+1/p-1. The van der Waals surface area contributed by atoms with Crippen LogP contribution in [0.25, 0.3) is 0 Å². The van der Waals surface area contributed by atoms with Crippen LogP contribution in [0.5, 0.6) is 11.5 Å². The van der Waals surface area contributed by atoms with E-state index in [2.05, 4.69) is 106 Å². The van der Waals surface area contributed by atoms with Crippen molar-refractivity contribution in [3.63, 3.8) is 0 Å². The summed E-state index contributed by atoms with van der Waals surface area (Å²) in [6, 6.07) is 26.1. The first kappa shape index (κ1) is 41.6. The van der Waals surface area contributed by atoms with Crippen molar-refractivity contribution in [3.8, 4) is 11.5 Å². The van der Waals surface area contributed by atoms with Gasteiger partial charge in [-0.15, -0.1) is 0 Å². The number of carbonyl (C=O) groups excluding carboxylic acids is 2. The third-order valence-corrected chi connectivity index (χ3v) is 15.1. The molecule has 1 fully saturated rings. The Morgan fingerprint density at radius 1 is 0.732 bits per heavy atom. The fourth-order valence-corrected chi connectivity index (χ4v) is 12.5. The van der Waals surface area contributed by atoms with E-state index in [4.69, 9.17) is 19.2 Å². The van der Waals surface area contributed by atoms with E-state index in [1.54, 1.807) is 37.4 Å². The van der Waals surface area contributed by atoms with Crippen LogP contribution in [-0.2, 0) is 19.3 Å². The molecule has 0 N–H and O–H groups in total. The molecule has 6 rings (SSSR count). The van der Waals surface area contributed by atoms with E-state index >= 15 is 0 Å². The zero-order valence-corrected chi connectivity index (χ0v) is 37.2. The minimum atomic E-state index is -2.51. The first-order valence-corrected chi connectivity index (χ1v) is 24.2. The van der Waals surface area contributed by atoms with Gasteiger partial charge in [-0.2, -0.15) is 0 Å². The van der Waals surface area contributed by atoms with Crippen molar-refractivity contribution in [1.29, 1.82) is 0 Å². The molecule has 4 aromatic rings. The van der Waals surface area contributed by atoms with E-state index in [0.29, 0.717) is 46.4 Å². The van der Waals surface area contributed by atoms with Gasteiger partial charge in [0.25, 0.3) is 0 Å². The van der Waals surface area contributed by atoms with E-state index in [1.807, 2.05) is 26.0 Å². The van der Waals surface area contributed by atoms with Crippen LogP contribution in [0, 0.1) is 5.92 Å². The molecule has 0 aliphatic carbocycles. The Kier molecular flexibility index (Phi) is 12.8. The third-order valence-electron chi connectivity index (χ3n) is 10.8. The predicted octanol–water partition coefficient (Wildman–Crippen LogP) is 11.0. The van der Waals surface area contributed by atoms with Crippen LogP contribution in [0.15, 0.2) is 78.9 Å². The van der Waals surface area contributed by atoms with Gasteiger partial charge in [0, 0.05) is 0 Å². The second-order valence-corrected chi connectivity index (χ2v) is 21.0. The molecule has 300 valence electrons. The van der Waals surface area contributed by atoms with Gasteiger partial charge >= 0.3 is 345 Å². The summed E-state index contributed by atoms with van der Waals surface area (Å²) in [4.78, 5) is 34.8. The van der Waals surface area contributed by atoms with Crippen LogP contribution >= 0.6 is 9.69 Å². The molecular weight excluding hydrogens is 807 g/mol. The predicted molar refractivity (Wildman–Crippen MR) is 229 cm³/mol. The molecule has 56 heavy (non-hydrogen) atoms. The number of rotatable bonds is 11. The molecule has 0 radical (unpaired) electrons. The summed E-state index contributed by atoms with van der Waals surface area (Å²) in [5.41, 5.74) is 9.52. The minimum absolute atomic E-state index is 0.115. The fourth-order valence-electron chi connectivity index (χ4n) is 7.92. The van der Waals surface area contributed by atoms with Crippen LogP contribution in [0.4, 0.5) is 17.1 Å². The van der Waals surface area contributed by atoms with Gasteiger partial charge in [-0.05, 0) is 0 Å². The van der Waals surface area contributed by atoms with Gasteiger partial charge in [0.05, 0.1) is 0 Å². The number of imide groups is 1. The number of nitrogens with zero attached hydrogens (tertiary/aromatic N) is 3. The topological polar surface area (TPSA) is 62.3 Å². The molecule has 0 saturated carbocycles. The van der Waals surface area contributed by atoms with E-state index in [9.17, 15) is 9.59 Å². The maximum atomic E-state index is 14.2. The molecule has 2 heterocycles. The molecule has 2 aliphatic rings. The summed E-state index contributed by atoms with van der Waals surface area (Å²) in [6.07, 6.45) is -0.840. The summed E-state index contributed by atoms with van der Waals surface area (Å²) < 4.78 is 14.0. The van der Waals surface area contributed by atoms with Gasteiger partial charge in [0.2, 0.25) is 0 Å². The zero-order valence-electron chi connectivity index (χ0n) is 34.7. The number of hydrogen-bond donors (Lipinski definition) is 0. The van der Waals surface area contributed by atoms with Crippen LogP contribution in [0.3, 0.4) is 0 Å². The molecule has 1 atom stereocenters. The number of ether oxygens (including phenoxy) is 2. The Labute approximate surface area is 343 Å². The van der Waals surface area contributed by atoms with E-state index in [-0.39, 0.29) is 16.6 Å². The van der Waals surface area contributed by atoms with Gasteiger partial charge in [0.1, 0.15) is 0 Å². The van der Waals surface area contributed by atoms with Crippen LogP contribution < -0.4 is 24.2 Å². The maximum absolute atomic E-state index is 14.2. The summed E-state index contributed by atoms with van der Waals surface area (Å²) >= 11 is -2.51. The number of anilines is 3. The molecule has 0 bridgehead atoms. The number of hydrogen-bond acceptors (Lipinski definition) is 6. The molecule has 1 saturated heterocycles. The molecule has 0 aromatic heterocycles. The first-order valence-electron chi connectivity index (χ1n) is 19.9. The molecule has 0 spiro atoms. The van der Waals surface area contributed by atoms with Crippen LogP contribution in [0.2, 0.25) is 0 Å². The summed E-state index contributed by atoms with van der Waals surface area (Å²) in [5, 5.41) is 0. The monoisotopic (exact) mass is 865 g/mol. The van der Waals surface area contributed by atoms with Crippen LogP contribution in [-0.4, -0.2) is 47.5 Å². The van der Waals surface area contributed by atoms with Crippen molar-refractivity contribution in [2.45, 2.75) is 104 Å². The second-order valence-electron chi connectivity index (χ2n) is 16.4. The second kappa shape index (κ2) is 17.2. The van der Waals surface area contributed by atoms with Crippen molar-refractivity contribution >= 4 is 43.2 Å². The number of amides is 2. The number of fused-ring (bicyclic) bond motifs is 1. The molecule has 1 unspecified atom stereocenters. The van der Waals surface area contributed by atoms with Crippen molar-refractivity contribution in [1.82, 2.24) is 0 Å². The zero-order chi connectivity index (χ0) is 40.6. The first-order chi connectivity index (χ1) is 26.7. The third kappa shape index (κ3) is 7.94. The van der Waals surface area contributed by atoms with Crippen molar-refractivity contribution in [2.24, 2.45) is 5.92 Å². The van der Waals surface area contributed by atoms with Crippen molar-refractivity contribution in [3.05, 3.63) is 112 Å². The Hall–Kier alpha value is -4.00. The van der Waals surface area contributed by atoms with E-state index < -0.39 is 26.5 Å².